The first-order chi connectivity index (χ1) is 6.07. The van der Waals surface area contributed by atoms with Crippen LogP contribution in [-0.4, -0.2) is 18.4 Å². The Morgan fingerprint density at radius 3 is 2.54 bits per heavy atom. The summed E-state index contributed by atoms with van der Waals surface area (Å²) in [7, 11) is 0. The van der Waals surface area contributed by atoms with Gasteiger partial charge in [-0.25, -0.2) is 0 Å². The van der Waals surface area contributed by atoms with Crippen LogP contribution in [0.25, 0.3) is 0 Å². The van der Waals surface area contributed by atoms with Crippen molar-refractivity contribution in [1.29, 1.82) is 0 Å². The van der Waals surface area contributed by atoms with Crippen LogP contribution >= 0.6 is 0 Å². The van der Waals surface area contributed by atoms with E-state index in [1.165, 1.54) is 0 Å². The molecule has 0 aliphatic heterocycles. The van der Waals surface area contributed by atoms with E-state index in [4.69, 9.17) is 4.74 Å². The van der Waals surface area contributed by atoms with Crippen LogP contribution in [0.15, 0.2) is 12.7 Å². The minimum Gasteiger partial charge on any atom is -0.465 e. The Hall–Kier alpha value is -1.12. The number of ether oxygens (including phenoxy) is 1. The molecule has 0 atom stereocenters. The second-order valence-electron chi connectivity index (χ2n) is 3.10. The van der Waals surface area contributed by atoms with Crippen molar-refractivity contribution >= 4 is 11.8 Å². The predicted molar refractivity (Wildman–Crippen MR) is 50.2 cm³/mol. The molecule has 0 unspecified atom stereocenters. The molecule has 0 fully saturated rings. The maximum Gasteiger partial charge on any atom is 0.313 e. The van der Waals surface area contributed by atoms with Crippen LogP contribution in [0, 0.1) is 5.92 Å². The largest absolute Gasteiger partial charge is 0.465 e. The van der Waals surface area contributed by atoms with Gasteiger partial charge < -0.3 is 4.74 Å². The summed E-state index contributed by atoms with van der Waals surface area (Å²) < 4.78 is 4.77. The molecular formula is C10H16O3. The molecule has 0 aromatic rings. The Morgan fingerprint density at radius 2 is 2.08 bits per heavy atom. The first-order valence-electron chi connectivity index (χ1n) is 4.37. The van der Waals surface area contributed by atoms with Crippen molar-refractivity contribution in [1.82, 2.24) is 0 Å². The van der Waals surface area contributed by atoms with Gasteiger partial charge in [0.2, 0.25) is 0 Å². The number of carbonyl (C=O) groups is 2. The number of carbonyl (C=O) groups excluding carboxylic acids is 2. The van der Waals surface area contributed by atoms with Gasteiger partial charge in [0.25, 0.3) is 0 Å². The molecule has 0 bridgehead atoms. The van der Waals surface area contributed by atoms with Crippen LogP contribution in [0.1, 0.15) is 26.7 Å². The Bertz CT molecular complexity index is 194. The highest BCUT2D eigenvalue weighted by Crippen LogP contribution is 2.00. The van der Waals surface area contributed by atoms with E-state index in [9.17, 15) is 9.59 Å². The van der Waals surface area contributed by atoms with Crippen molar-refractivity contribution in [3.05, 3.63) is 12.7 Å². The third-order valence-electron chi connectivity index (χ3n) is 1.55. The summed E-state index contributed by atoms with van der Waals surface area (Å²) in [5.41, 5.74) is 0. The van der Waals surface area contributed by atoms with Gasteiger partial charge in [-0.05, 0) is 6.42 Å². The van der Waals surface area contributed by atoms with Crippen molar-refractivity contribution in [3.63, 3.8) is 0 Å². The van der Waals surface area contributed by atoms with E-state index in [2.05, 4.69) is 6.58 Å². The van der Waals surface area contributed by atoms with Crippen molar-refractivity contribution in [2.75, 3.05) is 6.61 Å². The topological polar surface area (TPSA) is 43.4 Å². The Labute approximate surface area is 78.8 Å². The summed E-state index contributed by atoms with van der Waals surface area (Å²) in [6.45, 7) is 7.33. The summed E-state index contributed by atoms with van der Waals surface area (Å²) >= 11 is 0. The van der Waals surface area contributed by atoms with Crippen molar-refractivity contribution < 1.29 is 14.3 Å². The van der Waals surface area contributed by atoms with Gasteiger partial charge in [-0.15, -0.1) is 6.58 Å². The van der Waals surface area contributed by atoms with Crippen molar-refractivity contribution in [2.24, 2.45) is 5.92 Å². The Morgan fingerprint density at radius 1 is 1.46 bits per heavy atom. The van der Waals surface area contributed by atoms with Crippen LogP contribution in [0.4, 0.5) is 0 Å². The number of hydrogen-bond acceptors (Lipinski definition) is 3. The molecule has 74 valence electrons. The number of esters is 1. The van der Waals surface area contributed by atoms with Gasteiger partial charge in [-0.1, -0.05) is 19.9 Å². The van der Waals surface area contributed by atoms with E-state index in [0.29, 0.717) is 13.0 Å². The summed E-state index contributed by atoms with van der Waals surface area (Å²) in [6, 6.07) is 0. The molecule has 0 amide bonds. The lowest BCUT2D eigenvalue weighted by atomic mass is 10.1. The van der Waals surface area contributed by atoms with E-state index in [1.807, 2.05) is 0 Å². The van der Waals surface area contributed by atoms with Crippen LogP contribution in [0.2, 0.25) is 0 Å². The summed E-state index contributed by atoms with van der Waals surface area (Å²) in [6.07, 6.45) is 2.17. The fraction of sp³-hybridized carbons (Fsp3) is 0.600. The fourth-order valence-corrected chi connectivity index (χ4v) is 0.654. The third kappa shape index (κ3) is 6.08. The molecule has 0 spiro atoms. The van der Waals surface area contributed by atoms with E-state index < -0.39 is 5.97 Å². The van der Waals surface area contributed by atoms with E-state index >= 15 is 0 Å². The molecule has 13 heavy (non-hydrogen) atoms. The molecule has 3 heteroatoms. The lowest BCUT2D eigenvalue weighted by Crippen LogP contribution is -2.15. The van der Waals surface area contributed by atoms with Crippen LogP contribution in [0.3, 0.4) is 0 Å². The second kappa shape index (κ2) is 6.40. The lowest BCUT2D eigenvalue weighted by molar-refractivity contribution is -0.146. The standard InChI is InChI=1S/C10H16O3/c1-4-5-6-13-10(12)7-9(11)8(2)3/h4,8H,1,5-7H2,2-3H3. The molecule has 0 aromatic heterocycles. The molecule has 0 saturated carbocycles. The quantitative estimate of drug-likeness (QED) is 0.273. The number of rotatable bonds is 6. The zero-order valence-electron chi connectivity index (χ0n) is 8.21. The molecule has 0 saturated heterocycles. The highest BCUT2D eigenvalue weighted by Gasteiger charge is 2.13. The Kier molecular flexibility index (Phi) is 5.85. The minimum atomic E-state index is -0.444. The first-order valence-corrected chi connectivity index (χ1v) is 4.37. The molecular weight excluding hydrogens is 168 g/mol. The van der Waals surface area contributed by atoms with Crippen molar-refractivity contribution in [2.45, 2.75) is 26.7 Å². The zero-order valence-corrected chi connectivity index (χ0v) is 8.21. The van der Waals surface area contributed by atoms with Crippen molar-refractivity contribution in [3.8, 4) is 0 Å². The van der Waals surface area contributed by atoms with Gasteiger partial charge in [0, 0.05) is 5.92 Å². The van der Waals surface area contributed by atoms with E-state index in [0.717, 1.165) is 0 Å². The van der Waals surface area contributed by atoms with Gasteiger partial charge in [0.1, 0.15) is 12.2 Å². The second-order valence-corrected chi connectivity index (χ2v) is 3.10. The number of Topliss-reactive ketones (excluding diaryl/α,β-unsaturated/α-hetero) is 1. The van der Waals surface area contributed by atoms with Gasteiger partial charge in [-0.3, -0.25) is 9.59 Å². The highest BCUT2D eigenvalue weighted by atomic mass is 16.5. The van der Waals surface area contributed by atoms with E-state index in [-0.39, 0.29) is 18.1 Å². The lowest BCUT2D eigenvalue weighted by Gasteiger charge is -2.04. The van der Waals surface area contributed by atoms with Crippen LogP contribution in [0.5, 0.6) is 0 Å². The third-order valence-corrected chi connectivity index (χ3v) is 1.55. The normalized spacial score (nSPS) is 9.77. The maximum atomic E-state index is 11.1. The number of ketones is 1. The van der Waals surface area contributed by atoms with Crippen LogP contribution in [-0.2, 0) is 14.3 Å². The summed E-state index contributed by atoms with van der Waals surface area (Å²) in [5.74, 6) is -0.629. The molecule has 0 aromatic carbocycles. The van der Waals surface area contributed by atoms with E-state index in [1.54, 1.807) is 19.9 Å². The molecule has 0 N–H and O–H groups in total. The van der Waals surface area contributed by atoms with Gasteiger partial charge in [-0.2, -0.15) is 0 Å². The SMILES string of the molecule is C=CCCOC(=O)CC(=O)C(C)C. The number of hydrogen-bond donors (Lipinski definition) is 0. The molecule has 0 heterocycles. The Balaban J connectivity index is 3.62. The first kappa shape index (κ1) is 11.9. The molecule has 0 rings (SSSR count). The fourth-order valence-electron chi connectivity index (χ4n) is 0.654. The summed E-state index contributed by atoms with van der Waals surface area (Å²) in [5, 5.41) is 0. The van der Waals surface area contributed by atoms with Gasteiger partial charge in [0.15, 0.2) is 0 Å². The molecule has 3 nitrogen and oxygen atoms in total. The average Bonchev–Trinajstić information content (AvgIpc) is 2.04. The maximum absolute atomic E-state index is 11.1. The minimum absolute atomic E-state index is 0.0800. The molecule has 0 aliphatic carbocycles. The average molecular weight is 184 g/mol. The van der Waals surface area contributed by atoms with Crippen LogP contribution < -0.4 is 0 Å². The predicted octanol–water partition coefficient (Wildman–Crippen LogP) is 1.72. The van der Waals surface area contributed by atoms with Gasteiger partial charge in [0.05, 0.1) is 6.61 Å². The van der Waals surface area contributed by atoms with Gasteiger partial charge >= 0.3 is 5.97 Å². The molecule has 0 radical (unpaired) electrons. The monoisotopic (exact) mass is 184 g/mol. The highest BCUT2D eigenvalue weighted by molar-refractivity contribution is 5.96. The zero-order chi connectivity index (χ0) is 10.3. The smallest absolute Gasteiger partial charge is 0.313 e. The summed E-state index contributed by atoms with van der Waals surface area (Å²) in [4.78, 5) is 22.0. The molecule has 0 aliphatic rings.